The van der Waals surface area contributed by atoms with Gasteiger partial charge in [0, 0.05) is 0 Å². The first kappa shape index (κ1) is 22.0. The Hall–Kier alpha value is -0.0488. The number of fused-ring (bicyclic) bond motifs is 1. The van der Waals surface area contributed by atoms with Crippen molar-refractivity contribution in [3.05, 3.63) is 63.1 Å². The predicted molar refractivity (Wildman–Crippen MR) is 96.0 cm³/mol. The molecule has 0 saturated heterocycles. The van der Waals surface area contributed by atoms with Crippen LogP contribution in [-0.4, -0.2) is 6.19 Å². The van der Waals surface area contributed by atoms with Crippen molar-refractivity contribution < 1.29 is 41.4 Å². The molecule has 1 aromatic carbocycles. The molecule has 0 saturated carbocycles. The van der Waals surface area contributed by atoms with Gasteiger partial charge in [-0.25, -0.2) is 0 Å². The van der Waals surface area contributed by atoms with Crippen molar-refractivity contribution in [2.24, 2.45) is 0 Å². The first-order valence-electron chi connectivity index (χ1n) is 8.55. The second-order valence-corrected chi connectivity index (χ2v) is 18.7. The SMILES string of the molecule is CCCCC1=[C]([Ti+2]([CH]2C=Cc3ccccc32)=[Si](C)C)CC=C1.[Cl-].[Cl-]. The normalized spacial score (nSPS) is 17.0. The summed E-state index contributed by atoms with van der Waals surface area (Å²) in [6, 6.07) is 9.08. The molecule has 128 valence electrons. The Labute approximate surface area is 166 Å². The van der Waals surface area contributed by atoms with Crippen LogP contribution in [0.3, 0.4) is 0 Å². The van der Waals surface area contributed by atoms with Crippen molar-refractivity contribution >= 4 is 12.3 Å². The van der Waals surface area contributed by atoms with E-state index < -0.39 is 16.6 Å². The fourth-order valence-corrected chi connectivity index (χ4v) is 16.2. The Morgan fingerprint density at radius 2 is 1.88 bits per heavy atom. The van der Waals surface area contributed by atoms with Crippen LogP contribution in [0.5, 0.6) is 0 Å². The molecule has 0 amide bonds. The maximum absolute atomic E-state index is 2.57. The Bertz CT molecular complexity index is 697. The molecule has 0 spiro atoms. The second-order valence-electron chi connectivity index (χ2n) is 6.59. The second kappa shape index (κ2) is 10.2. The Morgan fingerprint density at radius 3 is 2.58 bits per heavy atom. The van der Waals surface area contributed by atoms with Crippen molar-refractivity contribution in [2.75, 3.05) is 0 Å². The van der Waals surface area contributed by atoms with E-state index in [1.165, 1.54) is 31.2 Å². The summed E-state index contributed by atoms with van der Waals surface area (Å²) in [6.07, 6.45) is 14.8. The van der Waals surface area contributed by atoms with Crippen LogP contribution in [0, 0.1) is 0 Å². The van der Waals surface area contributed by atoms with Gasteiger partial charge in [0.2, 0.25) is 0 Å². The Balaban J connectivity index is 0.00000144. The number of allylic oxidation sites excluding steroid dienone is 5. The molecule has 0 fully saturated rings. The average Bonchev–Trinajstić information content (AvgIpc) is 3.13. The minimum Gasteiger partial charge on any atom is -1.00 e. The topological polar surface area (TPSA) is 0 Å². The van der Waals surface area contributed by atoms with Crippen LogP contribution in [0.25, 0.3) is 6.08 Å². The zero-order valence-electron chi connectivity index (χ0n) is 14.8. The molecule has 0 N–H and O–H groups in total. The van der Waals surface area contributed by atoms with Gasteiger partial charge in [-0.2, -0.15) is 0 Å². The standard InChI is InChI=1S/C9H7.C9H13.C2H6Si.2ClH.Ti/c1-2-5-9-7-3-6-8(9)4-1;1-2-3-6-9-7-4-5-8-9;1-3-2;;;/h1-7H;4,7H,2-3,5-6H2,1H3;1-2H3;2*1H;/q;;;;;+2/p-2. The van der Waals surface area contributed by atoms with E-state index in [0.29, 0.717) is 0 Å². The van der Waals surface area contributed by atoms with E-state index in [1.54, 1.807) is 11.1 Å². The van der Waals surface area contributed by atoms with Crippen LogP contribution in [0.15, 0.2) is 51.9 Å². The van der Waals surface area contributed by atoms with Gasteiger partial charge in [-0.3, -0.25) is 0 Å². The summed E-state index contributed by atoms with van der Waals surface area (Å²) in [7, 11) is 0. The van der Waals surface area contributed by atoms with Crippen LogP contribution in [0.2, 0.25) is 13.1 Å². The van der Waals surface area contributed by atoms with E-state index >= 15 is 0 Å². The summed E-state index contributed by atoms with van der Waals surface area (Å²) >= 11 is -1.25. The van der Waals surface area contributed by atoms with Crippen molar-refractivity contribution in [3.63, 3.8) is 0 Å². The van der Waals surface area contributed by atoms with Crippen LogP contribution in [0.1, 0.15) is 48.0 Å². The van der Waals surface area contributed by atoms with E-state index in [9.17, 15) is 0 Å². The molecule has 2 aliphatic rings. The quantitative estimate of drug-likeness (QED) is 0.599. The Morgan fingerprint density at radius 1 is 1.12 bits per heavy atom. The van der Waals surface area contributed by atoms with E-state index in [0.717, 1.165) is 4.22 Å². The van der Waals surface area contributed by atoms with Crippen LogP contribution in [0.4, 0.5) is 0 Å². The molecule has 3 rings (SSSR count). The largest absolute Gasteiger partial charge is 1.00 e. The zero-order chi connectivity index (χ0) is 15.5. The molecule has 24 heavy (non-hydrogen) atoms. The van der Waals surface area contributed by atoms with Gasteiger partial charge in [-0.05, 0) is 0 Å². The van der Waals surface area contributed by atoms with Crippen molar-refractivity contribution in [2.45, 2.75) is 49.9 Å². The molecule has 0 radical (unpaired) electrons. The predicted octanol–water partition coefficient (Wildman–Crippen LogP) is 0.0360. The molecule has 1 aromatic rings. The summed E-state index contributed by atoms with van der Waals surface area (Å²) < 4.78 is 2.69. The van der Waals surface area contributed by atoms with Crippen molar-refractivity contribution in [1.29, 1.82) is 0 Å². The van der Waals surface area contributed by atoms with Crippen LogP contribution < -0.4 is 24.8 Å². The number of unbranched alkanes of at least 4 members (excludes halogenated alkanes) is 1. The third-order valence-electron chi connectivity index (χ3n) is 4.80. The summed E-state index contributed by atoms with van der Waals surface area (Å²) in [6.45, 7) is 7.44. The minimum atomic E-state index is -1.25. The van der Waals surface area contributed by atoms with Crippen molar-refractivity contribution in [1.82, 2.24) is 0 Å². The molecule has 2 aliphatic carbocycles. The third kappa shape index (κ3) is 4.56. The van der Waals surface area contributed by atoms with Gasteiger partial charge < -0.3 is 24.8 Å². The zero-order valence-corrected chi connectivity index (χ0v) is 18.9. The van der Waals surface area contributed by atoms with E-state index in [2.05, 4.69) is 68.6 Å². The molecule has 1 unspecified atom stereocenters. The fraction of sp³-hybridized carbons (Fsp3) is 0.400. The van der Waals surface area contributed by atoms with Gasteiger partial charge in [0.1, 0.15) is 0 Å². The molecule has 0 aromatic heterocycles. The summed E-state index contributed by atoms with van der Waals surface area (Å²) in [5.74, 6) is 0. The molecule has 0 nitrogen and oxygen atoms in total. The minimum absolute atomic E-state index is 0. The number of hydrogen-bond donors (Lipinski definition) is 0. The molecule has 1 atom stereocenters. The summed E-state index contributed by atoms with van der Waals surface area (Å²) in [4.78, 5) is 0. The summed E-state index contributed by atoms with van der Waals surface area (Å²) in [5, 5.41) is 0. The van der Waals surface area contributed by atoms with E-state index in [-0.39, 0.29) is 31.0 Å². The first-order valence-corrected chi connectivity index (χ1v) is 15.1. The number of rotatable bonds is 5. The molecule has 0 aliphatic heterocycles. The van der Waals surface area contributed by atoms with Crippen LogP contribution in [-0.2, 0) is 16.6 Å². The molecular formula is C20H26Cl2SiTi. The average molecular weight is 413 g/mol. The molecule has 4 heteroatoms. The number of hydrogen-bond acceptors (Lipinski definition) is 0. The van der Waals surface area contributed by atoms with E-state index in [4.69, 9.17) is 0 Å². The summed E-state index contributed by atoms with van der Waals surface area (Å²) in [5.41, 5.74) is 4.82. The van der Waals surface area contributed by atoms with E-state index in [1.807, 2.05) is 3.88 Å². The first-order chi connectivity index (χ1) is 10.7. The Kier molecular flexibility index (Phi) is 9.33. The van der Waals surface area contributed by atoms with Crippen LogP contribution >= 0.6 is 0 Å². The fourth-order valence-electron chi connectivity index (χ4n) is 3.74. The van der Waals surface area contributed by atoms with Gasteiger partial charge in [0.25, 0.3) is 0 Å². The van der Waals surface area contributed by atoms with Gasteiger partial charge in [0.05, 0.1) is 0 Å². The number of halogens is 2. The third-order valence-corrected chi connectivity index (χ3v) is 17.0. The monoisotopic (exact) mass is 412 g/mol. The molecule has 0 heterocycles. The maximum atomic E-state index is 2.57. The molecule has 0 bridgehead atoms. The van der Waals surface area contributed by atoms with Gasteiger partial charge in [-0.1, -0.05) is 0 Å². The van der Waals surface area contributed by atoms with Gasteiger partial charge in [-0.15, -0.1) is 0 Å². The van der Waals surface area contributed by atoms with Gasteiger partial charge in [0.15, 0.2) is 0 Å². The van der Waals surface area contributed by atoms with Crippen molar-refractivity contribution in [3.8, 4) is 0 Å². The number of benzene rings is 1. The smallest absolute Gasteiger partial charge is 1.00 e. The maximum Gasteiger partial charge on any atom is -1.00 e. The molecular weight excluding hydrogens is 387 g/mol. The van der Waals surface area contributed by atoms with Gasteiger partial charge >= 0.3 is 142 Å².